The fourth-order valence-electron chi connectivity index (χ4n) is 2.85. The Bertz CT molecular complexity index is 704. The number of rotatable bonds is 10. The lowest BCUT2D eigenvalue weighted by Crippen LogP contribution is -2.48. The Hall–Kier alpha value is -2.82. The van der Waals surface area contributed by atoms with E-state index in [2.05, 4.69) is 5.32 Å². The number of hydrogen-bond donors (Lipinski definition) is 1. The molecule has 0 aliphatic rings. The molecule has 0 bridgehead atoms. The summed E-state index contributed by atoms with van der Waals surface area (Å²) in [4.78, 5) is 26.4. The van der Waals surface area contributed by atoms with E-state index in [-0.39, 0.29) is 11.8 Å². The molecule has 1 N–H and O–H groups in total. The van der Waals surface area contributed by atoms with Crippen LogP contribution in [0.4, 0.5) is 0 Å². The summed E-state index contributed by atoms with van der Waals surface area (Å²) in [7, 11) is 1.59. The normalized spacial score (nSPS) is 11.5. The molecule has 27 heavy (non-hydrogen) atoms. The number of nitrogens with one attached hydrogen (secondary N) is 1. The van der Waals surface area contributed by atoms with Crippen molar-refractivity contribution >= 4 is 11.8 Å². The minimum absolute atomic E-state index is 0.0290. The number of likely N-dealkylation sites (N-methyl/N-ethyl adjacent to an activating group) is 1. The largest absolute Gasteiger partial charge is 0.494 e. The van der Waals surface area contributed by atoms with Gasteiger partial charge in [-0.3, -0.25) is 9.59 Å². The van der Waals surface area contributed by atoms with Crippen LogP contribution in [-0.4, -0.2) is 43.0 Å². The van der Waals surface area contributed by atoms with Crippen molar-refractivity contribution in [3.8, 4) is 5.75 Å². The minimum Gasteiger partial charge on any atom is -0.494 e. The van der Waals surface area contributed by atoms with Gasteiger partial charge in [0.1, 0.15) is 11.8 Å². The average molecular weight is 368 g/mol. The maximum atomic E-state index is 12.7. The van der Waals surface area contributed by atoms with Crippen molar-refractivity contribution in [1.82, 2.24) is 10.2 Å². The van der Waals surface area contributed by atoms with Crippen LogP contribution in [0, 0.1) is 0 Å². The molecule has 2 amide bonds. The lowest BCUT2D eigenvalue weighted by Gasteiger charge is -2.28. The fraction of sp³-hybridized carbons (Fsp3) is 0.364. The third-order valence-electron chi connectivity index (χ3n) is 4.44. The smallest absolute Gasteiger partial charge is 0.242 e. The van der Waals surface area contributed by atoms with Gasteiger partial charge in [0.2, 0.25) is 11.8 Å². The zero-order valence-corrected chi connectivity index (χ0v) is 16.1. The Balaban J connectivity index is 1.88. The Labute approximate surface area is 161 Å². The molecule has 1 atom stereocenters. The third-order valence-corrected chi connectivity index (χ3v) is 4.44. The van der Waals surface area contributed by atoms with Crippen LogP contribution in [-0.2, 0) is 16.0 Å². The number of para-hydroxylation sites is 1. The van der Waals surface area contributed by atoms with Crippen molar-refractivity contribution in [2.75, 3.05) is 20.2 Å². The first kappa shape index (κ1) is 20.5. The van der Waals surface area contributed by atoms with E-state index < -0.39 is 6.04 Å². The second kappa shape index (κ2) is 11.0. The molecule has 0 aliphatic carbocycles. The molecule has 2 aromatic rings. The van der Waals surface area contributed by atoms with Gasteiger partial charge in [0.25, 0.3) is 0 Å². The van der Waals surface area contributed by atoms with Gasteiger partial charge in [-0.1, -0.05) is 48.5 Å². The number of hydrogen-bond acceptors (Lipinski definition) is 3. The van der Waals surface area contributed by atoms with Gasteiger partial charge in [-0.15, -0.1) is 0 Å². The first-order valence-electron chi connectivity index (χ1n) is 9.34. The van der Waals surface area contributed by atoms with Crippen LogP contribution < -0.4 is 10.1 Å². The van der Waals surface area contributed by atoms with Gasteiger partial charge in [-0.25, -0.2) is 0 Å². The van der Waals surface area contributed by atoms with E-state index in [0.717, 1.165) is 11.3 Å². The molecular weight excluding hydrogens is 340 g/mol. The van der Waals surface area contributed by atoms with Gasteiger partial charge in [0.15, 0.2) is 0 Å². The van der Waals surface area contributed by atoms with Crippen molar-refractivity contribution in [2.45, 2.75) is 32.2 Å². The summed E-state index contributed by atoms with van der Waals surface area (Å²) in [5.41, 5.74) is 1.15. The molecule has 2 aromatic carbocycles. The number of carbonyl (C=O) groups is 2. The van der Waals surface area contributed by atoms with Crippen LogP contribution in [0.25, 0.3) is 0 Å². The third kappa shape index (κ3) is 6.77. The van der Waals surface area contributed by atoms with Crippen LogP contribution in [0.2, 0.25) is 0 Å². The highest BCUT2D eigenvalue weighted by atomic mass is 16.5. The van der Waals surface area contributed by atoms with E-state index in [9.17, 15) is 9.59 Å². The van der Waals surface area contributed by atoms with Gasteiger partial charge in [0, 0.05) is 20.0 Å². The Morgan fingerprint density at radius 1 is 1.04 bits per heavy atom. The minimum atomic E-state index is -0.499. The molecule has 0 unspecified atom stereocenters. The van der Waals surface area contributed by atoms with E-state index in [1.807, 2.05) is 60.7 Å². The quantitative estimate of drug-likeness (QED) is 0.656. The number of amides is 2. The summed E-state index contributed by atoms with van der Waals surface area (Å²) >= 11 is 0. The zero-order chi connectivity index (χ0) is 19.5. The van der Waals surface area contributed by atoms with E-state index in [1.165, 1.54) is 0 Å². The van der Waals surface area contributed by atoms with E-state index in [0.29, 0.717) is 32.4 Å². The van der Waals surface area contributed by atoms with E-state index in [1.54, 1.807) is 18.9 Å². The van der Waals surface area contributed by atoms with Gasteiger partial charge in [-0.05, 0) is 37.5 Å². The van der Waals surface area contributed by atoms with Gasteiger partial charge in [0.05, 0.1) is 6.61 Å². The van der Waals surface area contributed by atoms with Gasteiger partial charge < -0.3 is 15.0 Å². The molecule has 2 rings (SSSR count). The molecule has 0 radical (unpaired) electrons. The average Bonchev–Trinajstić information content (AvgIpc) is 2.72. The molecule has 0 aliphatic heterocycles. The van der Waals surface area contributed by atoms with Crippen LogP contribution in [0.5, 0.6) is 5.75 Å². The Morgan fingerprint density at radius 3 is 2.30 bits per heavy atom. The maximum Gasteiger partial charge on any atom is 0.242 e. The van der Waals surface area contributed by atoms with Crippen molar-refractivity contribution in [3.63, 3.8) is 0 Å². The zero-order valence-electron chi connectivity index (χ0n) is 16.1. The first-order valence-corrected chi connectivity index (χ1v) is 9.34. The number of carbonyl (C=O) groups excluding carboxylic acids is 2. The SMILES string of the molecule is CNC(=O)[C@H](C)N(CCc1ccccc1)C(=O)CCCOc1ccccc1. The predicted molar refractivity (Wildman–Crippen MR) is 107 cm³/mol. The van der Waals surface area contributed by atoms with Crippen molar-refractivity contribution < 1.29 is 14.3 Å². The summed E-state index contributed by atoms with van der Waals surface area (Å²) in [5, 5.41) is 2.63. The molecular formula is C22H28N2O3. The second-order valence-corrected chi connectivity index (χ2v) is 6.38. The van der Waals surface area contributed by atoms with Crippen LogP contribution in [0.3, 0.4) is 0 Å². The second-order valence-electron chi connectivity index (χ2n) is 6.38. The number of benzene rings is 2. The van der Waals surface area contributed by atoms with Crippen LogP contribution >= 0.6 is 0 Å². The van der Waals surface area contributed by atoms with E-state index >= 15 is 0 Å². The van der Waals surface area contributed by atoms with Crippen molar-refractivity contribution in [1.29, 1.82) is 0 Å². The molecule has 0 saturated heterocycles. The Morgan fingerprint density at radius 2 is 1.67 bits per heavy atom. The van der Waals surface area contributed by atoms with Crippen LogP contribution in [0.1, 0.15) is 25.3 Å². The monoisotopic (exact) mass is 368 g/mol. The standard InChI is InChI=1S/C22H28N2O3/c1-18(22(26)23-2)24(16-15-19-10-5-3-6-11-19)21(25)14-9-17-27-20-12-7-4-8-13-20/h3-8,10-13,18H,9,14-17H2,1-2H3,(H,23,26)/t18-/m0/s1. The molecule has 0 aromatic heterocycles. The van der Waals surface area contributed by atoms with Gasteiger partial charge >= 0.3 is 0 Å². The molecule has 0 spiro atoms. The highest BCUT2D eigenvalue weighted by molar-refractivity contribution is 5.87. The molecule has 5 heteroatoms. The molecule has 0 fully saturated rings. The lowest BCUT2D eigenvalue weighted by atomic mass is 10.1. The van der Waals surface area contributed by atoms with Crippen molar-refractivity contribution in [3.05, 3.63) is 66.2 Å². The summed E-state index contributed by atoms with van der Waals surface area (Å²) < 4.78 is 5.64. The number of ether oxygens (including phenoxy) is 1. The maximum absolute atomic E-state index is 12.7. The molecule has 0 heterocycles. The fourth-order valence-corrected chi connectivity index (χ4v) is 2.85. The molecule has 5 nitrogen and oxygen atoms in total. The van der Waals surface area contributed by atoms with E-state index in [4.69, 9.17) is 4.74 Å². The lowest BCUT2D eigenvalue weighted by molar-refractivity contribution is -0.139. The molecule has 0 saturated carbocycles. The highest BCUT2D eigenvalue weighted by Gasteiger charge is 2.24. The predicted octanol–water partition coefficient (Wildman–Crippen LogP) is 3.05. The summed E-state index contributed by atoms with van der Waals surface area (Å²) in [5.74, 6) is 0.611. The summed E-state index contributed by atoms with van der Waals surface area (Å²) in [6.07, 6.45) is 1.67. The van der Waals surface area contributed by atoms with Gasteiger partial charge in [-0.2, -0.15) is 0 Å². The first-order chi connectivity index (χ1) is 13.1. The van der Waals surface area contributed by atoms with Crippen LogP contribution in [0.15, 0.2) is 60.7 Å². The highest BCUT2D eigenvalue weighted by Crippen LogP contribution is 2.11. The number of nitrogens with zero attached hydrogens (tertiary/aromatic N) is 1. The van der Waals surface area contributed by atoms with Crippen molar-refractivity contribution in [2.24, 2.45) is 0 Å². The molecule has 144 valence electrons. The summed E-state index contributed by atoms with van der Waals surface area (Å²) in [6.45, 7) is 2.75. The topological polar surface area (TPSA) is 58.6 Å². The Kier molecular flexibility index (Phi) is 8.36. The summed E-state index contributed by atoms with van der Waals surface area (Å²) in [6, 6.07) is 19.0.